The number of para-hydroxylation sites is 1. The number of benzene rings is 1. The molecule has 188 valence electrons. The lowest BCUT2D eigenvalue weighted by Crippen LogP contribution is -2.58. The van der Waals surface area contributed by atoms with Gasteiger partial charge in [-0.15, -0.1) is 0 Å². The quantitative estimate of drug-likeness (QED) is 0.534. The molecule has 0 aliphatic carbocycles. The van der Waals surface area contributed by atoms with Gasteiger partial charge in [-0.3, -0.25) is 19.2 Å². The van der Waals surface area contributed by atoms with Crippen LogP contribution in [0.3, 0.4) is 0 Å². The number of carbonyl (C=O) groups excluding carboxylic acids is 4. The van der Waals surface area contributed by atoms with Crippen LogP contribution in [0.5, 0.6) is 0 Å². The number of hydrogen-bond donors (Lipinski definition) is 2. The Hall–Kier alpha value is -2.91. The number of alkyl halides is 3. The molecule has 7 nitrogen and oxygen atoms in total. The van der Waals surface area contributed by atoms with E-state index in [1.165, 1.54) is 0 Å². The maximum atomic E-state index is 13.5. The molecule has 0 fully saturated rings. The first-order valence-corrected chi connectivity index (χ1v) is 11.6. The average Bonchev–Trinajstić information content (AvgIpc) is 2.82. The summed E-state index contributed by atoms with van der Waals surface area (Å²) in [5.41, 5.74) is 1.69. The Balaban J connectivity index is 2.28. The highest BCUT2D eigenvalue weighted by Crippen LogP contribution is 2.28. The van der Waals surface area contributed by atoms with Crippen LogP contribution in [0.4, 0.5) is 18.9 Å². The summed E-state index contributed by atoms with van der Waals surface area (Å²) < 4.78 is 38.5. The monoisotopic (exact) mass is 483 g/mol. The first-order valence-electron chi connectivity index (χ1n) is 11.6. The standard InChI is InChI=1S/C24H32F3N3O4/c1-4-15(3)20(29-23(34)24(25,26)27)21(32)28-18(13-12-17(31)5-2)22(33)30-14-8-10-16-9-6-7-11-19(16)30/h6-7,9,11,15,18,20H,4-5,8,10,12-14H2,1-3H3,(H,28,32)(H,29,34)/t15-,18-,20-/m0/s1. The van der Waals surface area contributed by atoms with Crippen LogP contribution in [-0.4, -0.2) is 48.3 Å². The molecule has 10 heteroatoms. The molecule has 3 amide bonds. The van der Waals surface area contributed by atoms with Crippen molar-refractivity contribution >= 4 is 29.2 Å². The zero-order valence-electron chi connectivity index (χ0n) is 19.7. The molecule has 0 radical (unpaired) electrons. The third-order valence-corrected chi connectivity index (χ3v) is 6.14. The Bertz CT molecular complexity index is 904. The lowest BCUT2D eigenvalue weighted by atomic mass is 9.96. The minimum atomic E-state index is -5.15. The molecule has 2 N–H and O–H groups in total. The van der Waals surface area contributed by atoms with Gasteiger partial charge in [0.25, 0.3) is 0 Å². The highest BCUT2D eigenvalue weighted by Gasteiger charge is 2.42. The van der Waals surface area contributed by atoms with Gasteiger partial charge in [-0.05, 0) is 36.8 Å². The van der Waals surface area contributed by atoms with Crippen molar-refractivity contribution in [3.63, 3.8) is 0 Å². The van der Waals surface area contributed by atoms with Gasteiger partial charge in [-0.2, -0.15) is 13.2 Å². The fourth-order valence-corrected chi connectivity index (χ4v) is 3.88. The van der Waals surface area contributed by atoms with Crippen molar-refractivity contribution in [3.05, 3.63) is 29.8 Å². The maximum Gasteiger partial charge on any atom is 0.471 e. The summed E-state index contributed by atoms with van der Waals surface area (Å²) in [6.45, 7) is 5.32. The maximum absolute atomic E-state index is 13.5. The largest absolute Gasteiger partial charge is 0.471 e. The van der Waals surface area contributed by atoms with Crippen molar-refractivity contribution < 1.29 is 32.3 Å². The van der Waals surface area contributed by atoms with Crippen LogP contribution >= 0.6 is 0 Å². The van der Waals surface area contributed by atoms with E-state index in [1.807, 2.05) is 12.1 Å². The second-order valence-corrected chi connectivity index (χ2v) is 8.55. The van der Waals surface area contributed by atoms with Crippen molar-refractivity contribution in [3.8, 4) is 0 Å². The summed E-state index contributed by atoms with van der Waals surface area (Å²) in [6, 6.07) is 4.77. The summed E-state index contributed by atoms with van der Waals surface area (Å²) >= 11 is 0. The molecule has 1 aliphatic rings. The number of carbonyl (C=O) groups is 4. The Morgan fingerprint density at radius 1 is 1.09 bits per heavy atom. The smallest absolute Gasteiger partial charge is 0.342 e. The van der Waals surface area contributed by atoms with Crippen molar-refractivity contribution in [1.82, 2.24) is 10.6 Å². The molecule has 0 saturated carbocycles. The van der Waals surface area contributed by atoms with Crippen LogP contribution in [0.25, 0.3) is 0 Å². The Morgan fingerprint density at radius 2 is 1.76 bits per heavy atom. The first-order chi connectivity index (χ1) is 16.0. The molecular weight excluding hydrogens is 451 g/mol. The van der Waals surface area contributed by atoms with Gasteiger partial charge in [0.05, 0.1) is 0 Å². The van der Waals surface area contributed by atoms with E-state index >= 15 is 0 Å². The fourth-order valence-electron chi connectivity index (χ4n) is 3.88. The van der Waals surface area contributed by atoms with Gasteiger partial charge in [0, 0.05) is 25.1 Å². The summed E-state index contributed by atoms with van der Waals surface area (Å²) in [6.07, 6.45) is -3.01. The fraction of sp³-hybridized carbons (Fsp3) is 0.583. The molecule has 1 aromatic rings. The van der Waals surface area contributed by atoms with E-state index in [-0.39, 0.29) is 25.0 Å². The molecular formula is C24H32F3N3O4. The zero-order valence-corrected chi connectivity index (χ0v) is 19.7. The van der Waals surface area contributed by atoms with Crippen LogP contribution in [0.2, 0.25) is 0 Å². The van der Waals surface area contributed by atoms with Crippen molar-refractivity contribution in [2.75, 3.05) is 11.4 Å². The molecule has 3 atom stereocenters. The number of rotatable bonds is 10. The third-order valence-electron chi connectivity index (χ3n) is 6.14. The Morgan fingerprint density at radius 3 is 2.38 bits per heavy atom. The summed E-state index contributed by atoms with van der Waals surface area (Å²) in [7, 11) is 0. The van der Waals surface area contributed by atoms with Crippen LogP contribution in [0.1, 0.15) is 58.4 Å². The number of aryl methyl sites for hydroxylation is 1. The second kappa shape index (κ2) is 12.0. The minimum Gasteiger partial charge on any atom is -0.342 e. The number of nitrogens with one attached hydrogen (secondary N) is 2. The van der Waals surface area contributed by atoms with E-state index in [0.717, 1.165) is 12.0 Å². The van der Waals surface area contributed by atoms with Gasteiger partial charge >= 0.3 is 12.1 Å². The normalized spacial score (nSPS) is 16.1. The van der Waals surface area contributed by atoms with Gasteiger partial charge in [0.15, 0.2) is 0 Å². The van der Waals surface area contributed by atoms with Crippen molar-refractivity contribution in [2.45, 2.75) is 77.6 Å². The molecule has 0 saturated heterocycles. The van der Waals surface area contributed by atoms with E-state index in [0.29, 0.717) is 25.1 Å². The number of fused-ring (bicyclic) bond motifs is 1. The molecule has 0 bridgehead atoms. The van der Waals surface area contributed by atoms with Crippen LogP contribution < -0.4 is 15.5 Å². The molecule has 0 spiro atoms. The topological polar surface area (TPSA) is 95.6 Å². The summed E-state index contributed by atoms with van der Waals surface area (Å²) in [4.78, 5) is 51.5. The second-order valence-electron chi connectivity index (χ2n) is 8.55. The molecule has 2 rings (SSSR count). The van der Waals surface area contributed by atoms with E-state index in [1.54, 1.807) is 43.1 Å². The van der Waals surface area contributed by atoms with E-state index in [2.05, 4.69) is 5.32 Å². The van der Waals surface area contributed by atoms with E-state index in [4.69, 9.17) is 0 Å². The molecule has 34 heavy (non-hydrogen) atoms. The van der Waals surface area contributed by atoms with Gasteiger partial charge in [0.2, 0.25) is 11.8 Å². The number of amides is 3. The molecule has 0 aromatic heterocycles. The number of ketones is 1. The van der Waals surface area contributed by atoms with Crippen molar-refractivity contribution in [2.24, 2.45) is 5.92 Å². The van der Waals surface area contributed by atoms with Crippen LogP contribution in [0, 0.1) is 5.92 Å². The molecule has 1 aromatic carbocycles. The molecule has 0 unspecified atom stereocenters. The third kappa shape index (κ3) is 7.04. The Labute approximate surface area is 197 Å². The van der Waals surface area contributed by atoms with Gasteiger partial charge in [0.1, 0.15) is 17.9 Å². The number of halogens is 3. The lowest BCUT2D eigenvalue weighted by Gasteiger charge is -2.33. The zero-order chi connectivity index (χ0) is 25.5. The van der Waals surface area contributed by atoms with E-state index in [9.17, 15) is 32.3 Å². The predicted molar refractivity (Wildman–Crippen MR) is 121 cm³/mol. The highest BCUT2D eigenvalue weighted by atomic mass is 19.4. The Kier molecular flexibility index (Phi) is 9.64. The van der Waals surface area contributed by atoms with Gasteiger partial charge in [-0.25, -0.2) is 0 Å². The SMILES string of the molecule is CCC(=O)CC[C@H](NC(=O)[C@@H](NC(=O)C(F)(F)F)[C@@H](C)CC)C(=O)N1CCCc2ccccc21. The summed E-state index contributed by atoms with van der Waals surface area (Å²) in [5, 5.41) is 4.29. The van der Waals surface area contributed by atoms with Crippen LogP contribution in [0.15, 0.2) is 24.3 Å². The first kappa shape index (κ1) is 27.3. The summed E-state index contributed by atoms with van der Waals surface area (Å²) in [5.74, 6) is -4.26. The highest BCUT2D eigenvalue weighted by molar-refractivity contribution is 6.01. The minimum absolute atomic E-state index is 0.0103. The number of anilines is 1. The number of hydrogen-bond acceptors (Lipinski definition) is 4. The van der Waals surface area contributed by atoms with E-state index < -0.39 is 41.9 Å². The van der Waals surface area contributed by atoms with Gasteiger partial charge in [-0.1, -0.05) is 45.4 Å². The number of nitrogens with zero attached hydrogens (tertiary/aromatic N) is 1. The molecule has 1 heterocycles. The number of Topliss-reactive ketones (excluding diaryl/α,β-unsaturated/α-hetero) is 1. The van der Waals surface area contributed by atoms with Gasteiger partial charge < -0.3 is 15.5 Å². The van der Waals surface area contributed by atoms with Crippen molar-refractivity contribution in [1.29, 1.82) is 0 Å². The average molecular weight is 484 g/mol. The predicted octanol–water partition coefficient (Wildman–Crippen LogP) is 3.30. The lowest BCUT2D eigenvalue weighted by molar-refractivity contribution is -0.175. The molecule has 1 aliphatic heterocycles. The van der Waals surface area contributed by atoms with Crippen LogP contribution in [-0.2, 0) is 25.6 Å².